The lowest BCUT2D eigenvalue weighted by Crippen LogP contribution is -1.95. The zero-order chi connectivity index (χ0) is 13.5. The molecule has 0 heteroatoms. The van der Waals surface area contributed by atoms with Crippen LogP contribution < -0.4 is 0 Å². The van der Waals surface area contributed by atoms with Crippen molar-refractivity contribution in [3.63, 3.8) is 0 Å². The van der Waals surface area contributed by atoms with Crippen LogP contribution >= 0.6 is 0 Å². The summed E-state index contributed by atoms with van der Waals surface area (Å²) >= 11 is 0. The number of benzene rings is 3. The van der Waals surface area contributed by atoms with Gasteiger partial charge in [-0.1, -0.05) is 73.3 Å². The van der Waals surface area contributed by atoms with E-state index in [9.17, 15) is 0 Å². The largest absolute Gasteiger partial charge is 0.0952 e. The van der Waals surface area contributed by atoms with E-state index in [1.807, 2.05) is 0 Å². The van der Waals surface area contributed by atoms with Gasteiger partial charge in [0, 0.05) is 5.92 Å². The molecule has 96 valence electrons. The summed E-state index contributed by atoms with van der Waals surface area (Å²) in [5.74, 6) is 0.461. The molecule has 0 bridgehead atoms. The van der Waals surface area contributed by atoms with Gasteiger partial charge in [-0.3, -0.25) is 0 Å². The molecule has 0 N–H and O–H groups in total. The number of allylic oxidation sites excluding steroid dienone is 1. The monoisotopic (exact) mass is 256 g/mol. The van der Waals surface area contributed by atoms with Gasteiger partial charge in [-0.2, -0.15) is 0 Å². The van der Waals surface area contributed by atoms with E-state index in [1.165, 1.54) is 33.0 Å². The summed E-state index contributed by atoms with van der Waals surface area (Å²) in [6.45, 7) is 4.23. The van der Waals surface area contributed by atoms with Crippen LogP contribution in [-0.2, 0) is 0 Å². The fourth-order valence-corrected chi connectivity index (χ4v) is 3.31. The normalized spacial score (nSPS) is 17.4. The van der Waals surface area contributed by atoms with Crippen LogP contribution in [0.25, 0.3) is 16.3 Å². The molecular formula is C20H16. The van der Waals surface area contributed by atoms with Crippen molar-refractivity contribution in [1.29, 1.82) is 0 Å². The van der Waals surface area contributed by atoms with Gasteiger partial charge in [0.2, 0.25) is 0 Å². The Morgan fingerprint density at radius 1 is 0.800 bits per heavy atom. The van der Waals surface area contributed by atoms with Crippen LogP contribution in [0.4, 0.5) is 0 Å². The second-order valence-corrected chi connectivity index (χ2v) is 5.55. The lowest BCUT2D eigenvalue weighted by molar-refractivity contribution is 0.884. The van der Waals surface area contributed by atoms with Crippen LogP contribution in [0.5, 0.6) is 0 Å². The first-order valence-electron chi connectivity index (χ1n) is 7.09. The lowest BCUT2D eigenvalue weighted by Gasteiger charge is -2.12. The summed E-state index contributed by atoms with van der Waals surface area (Å²) in [7, 11) is 0. The maximum Gasteiger partial charge on any atom is 0.0136 e. The van der Waals surface area contributed by atoms with Gasteiger partial charge in [-0.05, 0) is 39.5 Å². The van der Waals surface area contributed by atoms with E-state index in [2.05, 4.69) is 73.3 Å². The van der Waals surface area contributed by atoms with Crippen LogP contribution in [-0.4, -0.2) is 0 Å². The molecule has 1 aliphatic carbocycles. The number of fused-ring (bicyclic) bond motifs is 2. The molecule has 0 aliphatic heterocycles. The summed E-state index contributed by atoms with van der Waals surface area (Å²) < 4.78 is 0. The van der Waals surface area contributed by atoms with E-state index >= 15 is 0 Å². The van der Waals surface area contributed by atoms with Crippen LogP contribution in [0.1, 0.15) is 29.0 Å². The molecule has 0 spiro atoms. The first kappa shape index (κ1) is 11.5. The highest BCUT2D eigenvalue weighted by Crippen LogP contribution is 2.44. The predicted octanol–water partition coefficient (Wildman–Crippen LogP) is 5.39. The minimum absolute atomic E-state index is 0.461. The highest BCUT2D eigenvalue weighted by molar-refractivity contribution is 5.84. The fourth-order valence-electron chi connectivity index (χ4n) is 3.31. The standard InChI is InChI=1S/C20H16/c1-14-12-20(19-9-5-4-8-18(14)19)17-11-10-15-6-2-3-7-16(15)13-17/h2-11,13,20H,1,12H2. The van der Waals surface area contributed by atoms with Crippen molar-refractivity contribution >= 4 is 16.3 Å². The summed E-state index contributed by atoms with van der Waals surface area (Å²) in [5.41, 5.74) is 5.42. The molecule has 0 amide bonds. The average Bonchev–Trinajstić information content (AvgIpc) is 2.85. The van der Waals surface area contributed by atoms with Gasteiger partial charge in [0.05, 0.1) is 0 Å². The molecule has 1 atom stereocenters. The molecule has 0 saturated heterocycles. The SMILES string of the molecule is C=C1CC(c2ccc3ccccc3c2)c2ccccc21. The molecule has 0 saturated carbocycles. The summed E-state index contributed by atoms with van der Waals surface area (Å²) in [4.78, 5) is 0. The number of rotatable bonds is 1. The lowest BCUT2D eigenvalue weighted by atomic mass is 9.91. The quantitative estimate of drug-likeness (QED) is 0.547. The first-order valence-corrected chi connectivity index (χ1v) is 7.09. The third-order valence-electron chi connectivity index (χ3n) is 4.34. The molecule has 3 aromatic carbocycles. The van der Waals surface area contributed by atoms with Crippen molar-refractivity contribution in [2.45, 2.75) is 12.3 Å². The zero-order valence-corrected chi connectivity index (χ0v) is 11.3. The van der Waals surface area contributed by atoms with E-state index in [-0.39, 0.29) is 0 Å². The third kappa shape index (κ3) is 1.69. The maximum absolute atomic E-state index is 4.23. The van der Waals surface area contributed by atoms with Gasteiger partial charge in [0.1, 0.15) is 0 Å². The highest BCUT2D eigenvalue weighted by Gasteiger charge is 2.26. The smallest absolute Gasteiger partial charge is 0.0136 e. The van der Waals surface area contributed by atoms with Crippen molar-refractivity contribution in [3.8, 4) is 0 Å². The molecule has 0 aromatic heterocycles. The maximum atomic E-state index is 4.23. The van der Waals surface area contributed by atoms with Crippen molar-refractivity contribution in [3.05, 3.63) is 90.0 Å². The Balaban J connectivity index is 1.86. The topological polar surface area (TPSA) is 0 Å². The van der Waals surface area contributed by atoms with Gasteiger partial charge >= 0.3 is 0 Å². The molecule has 0 nitrogen and oxygen atoms in total. The Morgan fingerprint density at radius 2 is 1.55 bits per heavy atom. The molecule has 20 heavy (non-hydrogen) atoms. The van der Waals surface area contributed by atoms with Crippen molar-refractivity contribution in [2.24, 2.45) is 0 Å². The first-order chi connectivity index (χ1) is 9.83. The Hall–Kier alpha value is -2.34. The molecule has 0 radical (unpaired) electrons. The molecule has 0 heterocycles. The van der Waals surface area contributed by atoms with Crippen LogP contribution in [0.2, 0.25) is 0 Å². The molecule has 3 aromatic rings. The van der Waals surface area contributed by atoms with E-state index in [4.69, 9.17) is 0 Å². The van der Waals surface area contributed by atoms with Gasteiger partial charge in [-0.15, -0.1) is 0 Å². The van der Waals surface area contributed by atoms with Crippen LogP contribution in [0.3, 0.4) is 0 Å². The van der Waals surface area contributed by atoms with E-state index in [0.29, 0.717) is 5.92 Å². The summed E-state index contributed by atoms with van der Waals surface area (Å²) in [5, 5.41) is 2.63. The number of hydrogen-bond donors (Lipinski definition) is 0. The van der Waals surface area contributed by atoms with Gasteiger partial charge in [0.15, 0.2) is 0 Å². The van der Waals surface area contributed by atoms with Crippen LogP contribution in [0.15, 0.2) is 73.3 Å². The molecule has 4 rings (SSSR count). The summed E-state index contributed by atoms with van der Waals surface area (Å²) in [6.07, 6.45) is 1.04. The van der Waals surface area contributed by atoms with Crippen molar-refractivity contribution < 1.29 is 0 Å². The minimum Gasteiger partial charge on any atom is -0.0952 e. The Kier molecular flexibility index (Phi) is 2.50. The van der Waals surface area contributed by atoms with Crippen molar-refractivity contribution in [1.82, 2.24) is 0 Å². The third-order valence-corrected chi connectivity index (χ3v) is 4.34. The van der Waals surface area contributed by atoms with Gasteiger partial charge in [0.25, 0.3) is 0 Å². The molecule has 0 fully saturated rings. The molecule has 1 aliphatic rings. The van der Waals surface area contributed by atoms with E-state index < -0.39 is 0 Å². The minimum atomic E-state index is 0.461. The van der Waals surface area contributed by atoms with Crippen molar-refractivity contribution in [2.75, 3.05) is 0 Å². The predicted molar refractivity (Wildman–Crippen MR) is 85.9 cm³/mol. The fraction of sp³-hybridized carbons (Fsp3) is 0.100. The molecule has 1 unspecified atom stereocenters. The molecular weight excluding hydrogens is 240 g/mol. The zero-order valence-electron chi connectivity index (χ0n) is 11.3. The summed E-state index contributed by atoms with van der Waals surface area (Å²) in [6, 6.07) is 24.0. The van der Waals surface area contributed by atoms with Crippen LogP contribution in [0, 0.1) is 0 Å². The average molecular weight is 256 g/mol. The highest BCUT2D eigenvalue weighted by atomic mass is 14.3. The Bertz CT molecular complexity index is 811. The van der Waals surface area contributed by atoms with Gasteiger partial charge < -0.3 is 0 Å². The Morgan fingerprint density at radius 3 is 2.45 bits per heavy atom. The second kappa shape index (κ2) is 4.35. The Labute approximate surface area is 119 Å². The number of hydrogen-bond acceptors (Lipinski definition) is 0. The van der Waals surface area contributed by atoms with E-state index in [1.54, 1.807) is 0 Å². The van der Waals surface area contributed by atoms with E-state index in [0.717, 1.165) is 6.42 Å². The van der Waals surface area contributed by atoms with Gasteiger partial charge in [-0.25, -0.2) is 0 Å². The second-order valence-electron chi connectivity index (χ2n) is 5.55.